The molecule has 0 aliphatic heterocycles. The lowest BCUT2D eigenvalue weighted by molar-refractivity contribution is -0.118. The number of aromatic nitrogens is 2. The Balaban J connectivity index is 2.06. The maximum Gasteiger partial charge on any atom is 0.330 e. The number of carbonyl (C=O) groups excluding carboxylic acids is 1. The van der Waals surface area contributed by atoms with Gasteiger partial charge in [0.2, 0.25) is 5.91 Å². The molecule has 3 aromatic rings. The monoisotopic (exact) mass is 406 g/mol. The van der Waals surface area contributed by atoms with E-state index in [-0.39, 0.29) is 30.4 Å². The van der Waals surface area contributed by atoms with E-state index in [9.17, 15) is 14.4 Å². The zero-order valence-corrected chi connectivity index (χ0v) is 17.0. The number of hydrogen-bond acceptors (Lipinski definition) is 4. The van der Waals surface area contributed by atoms with E-state index in [1.807, 2.05) is 67.6 Å². The van der Waals surface area contributed by atoms with E-state index >= 15 is 0 Å². The summed E-state index contributed by atoms with van der Waals surface area (Å²) in [7, 11) is 0. The highest BCUT2D eigenvalue weighted by Crippen LogP contribution is 2.21. The lowest BCUT2D eigenvalue weighted by Gasteiger charge is -2.25. The van der Waals surface area contributed by atoms with Gasteiger partial charge in [-0.1, -0.05) is 74.0 Å². The fraction of sp³-hybridized carbons (Fsp3) is 0.261. The number of rotatable bonds is 8. The van der Waals surface area contributed by atoms with Gasteiger partial charge in [0.15, 0.2) is 5.69 Å². The summed E-state index contributed by atoms with van der Waals surface area (Å²) in [4.78, 5) is 42.0. The first-order chi connectivity index (χ1) is 14.5. The number of nitrogens with one attached hydrogen (secondary N) is 1. The molecule has 0 aliphatic rings. The quantitative estimate of drug-likeness (QED) is 0.600. The number of anilines is 2. The molecule has 3 rings (SSSR count). The first-order valence-electron chi connectivity index (χ1n) is 10.0. The van der Waals surface area contributed by atoms with Crippen LogP contribution in [0.25, 0.3) is 0 Å². The van der Waals surface area contributed by atoms with Crippen LogP contribution >= 0.6 is 0 Å². The minimum atomic E-state index is -0.664. The van der Waals surface area contributed by atoms with Crippen molar-refractivity contribution in [2.45, 2.75) is 39.3 Å². The van der Waals surface area contributed by atoms with Crippen LogP contribution in [-0.4, -0.2) is 15.5 Å². The van der Waals surface area contributed by atoms with E-state index < -0.39 is 11.2 Å². The van der Waals surface area contributed by atoms with Gasteiger partial charge >= 0.3 is 5.69 Å². The molecule has 1 amide bonds. The molecule has 0 fully saturated rings. The van der Waals surface area contributed by atoms with E-state index in [0.717, 1.165) is 24.0 Å². The second-order valence-electron chi connectivity index (χ2n) is 7.13. The summed E-state index contributed by atoms with van der Waals surface area (Å²) in [6.45, 7) is 2.54. The van der Waals surface area contributed by atoms with Gasteiger partial charge in [0.25, 0.3) is 5.56 Å². The van der Waals surface area contributed by atoms with Crippen LogP contribution in [-0.2, 0) is 24.3 Å². The standard InChI is InChI=1S/C23H26N4O3/c1-2-3-14-26-21(24)20(22(29)25-23(26)30)27(16-18-12-8-5-9-13-18)19(28)15-17-10-6-4-7-11-17/h4-13H,2-3,14-16,24H2,1H3,(H,25,29,30). The number of aromatic amines is 1. The summed E-state index contributed by atoms with van der Waals surface area (Å²) in [5.74, 6) is -0.266. The molecule has 30 heavy (non-hydrogen) atoms. The zero-order chi connectivity index (χ0) is 21.5. The molecule has 3 N–H and O–H groups in total. The number of carbonyl (C=O) groups is 1. The van der Waals surface area contributed by atoms with Gasteiger partial charge in [-0.05, 0) is 17.5 Å². The van der Waals surface area contributed by atoms with Crippen molar-refractivity contribution in [3.05, 3.63) is 92.6 Å². The van der Waals surface area contributed by atoms with Crippen LogP contribution in [0.3, 0.4) is 0 Å². The summed E-state index contributed by atoms with van der Waals surface area (Å²) >= 11 is 0. The first-order valence-corrected chi connectivity index (χ1v) is 10.0. The number of unbranched alkanes of at least 4 members (excludes halogenated alkanes) is 1. The lowest BCUT2D eigenvalue weighted by Crippen LogP contribution is -2.41. The Morgan fingerprint density at radius 3 is 2.20 bits per heavy atom. The Bertz CT molecular complexity index is 1100. The molecule has 1 aromatic heterocycles. The van der Waals surface area contributed by atoms with Crippen LogP contribution in [0, 0.1) is 0 Å². The van der Waals surface area contributed by atoms with Crippen molar-refractivity contribution in [2.75, 3.05) is 10.6 Å². The number of nitrogens with zero attached hydrogens (tertiary/aromatic N) is 2. The largest absolute Gasteiger partial charge is 0.383 e. The Labute approximate surface area is 174 Å². The first kappa shape index (κ1) is 21.1. The third-order valence-corrected chi connectivity index (χ3v) is 4.90. The predicted octanol–water partition coefficient (Wildman–Crippen LogP) is 2.69. The van der Waals surface area contributed by atoms with Crippen LogP contribution in [0.15, 0.2) is 70.3 Å². The molecule has 0 aliphatic carbocycles. The Hall–Kier alpha value is -3.61. The molecule has 0 unspecified atom stereocenters. The molecule has 7 nitrogen and oxygen atoms in total. The zero-order valence-electron chi connectivity index (χ0n) is 17.0. The van der Waals surface area contributed by atoms with Gasteiger partial charge in [0.05, 0.1) is 13.0 Å². The number of benzene rings is 2. The Morgan fingerprint density at radius 1 is 1.00 bits per heavy atom. The SMILES string of the molecule is CCCCn1c(N)c(N(Cc2ccccc2)C(=O)Cc2ccccc2)c(=O)[nH]c1=O. The van der Waals surface area contributed by atoms with Crippen LogP contribution in [0.1, 0.15) is 30.9 Å². The van der Waals surface area contributed by atoms with Crippen molar-refractivity contribution in [3.8, 4) is 0 Å². The van der Waals surface area contributed by atoms with Gasteiger partial charge in [-0.2, -0.15) is 0 Å². The molecule has 2 aromatic carbocycles. The van der Waals surface area contributed by atoms with Gasteiger partial charge < -0.3 is 5.73 Å². The number of H-pyrrole nitrogens is 1. The van der Waals surface area contributed by atoms with Gasteiger partial charge in [-0.25, -0.2) is 4.79 Å². The lowest BCUT2D eigenvalue weighted by atomic mass is 10.1. The van der Waals surface area contributed by atoms with Crippen molar-refractivity contribution >= 4 is 17.4 Å². The third kappa shape index (κ3) is 4.86. The highest BCUT2D eigenvalue weighted by atomic mass is 16.2. The Kier molecular flexibility index (Phi) is 6.85. The summed E-state index contributed by atoms with van der Waals surface area (Å²) < 4.78 is 1.33. The van der Waals surface area contributed by atoms with Crippen molar-refractivity contribution in [3.63, 3.8) is 0 Å². The summed E-state index contributed by atoms with van der Waals surface area (Å²) in [6.07, 6.45) is 1.70. The second kappa shape index (κ2) is 9.73. The fourth-order valence-corrected chi connectivity index (χ4v) is 3.30. The molecule has 0 atom stereocenters. The summed E-state index contributed by atoms with van der Waals surface area (Å²) in [5, 5.41) is 0. The molecule has 0 saturated heterocycles. The summed E-state index contributed by atoms with van der Waals surface area (Å²) in [6, 6.07) is 18.7. The minimum absolute atomic E-state index is 0.00884. The number of amides is 1. The molecular formula is C23H26N4O3. The molecule has 0 radical (unpaired) electrons. The van der Waals surface area contributed by atoms with E-state index in [0.29, 0.717) is 6.54 Å². The molecule has 7 heteroatoms. The van der Waals surface area contributed by atoms with Gasteiger partial charge in [0, 0.05) is 6.54 Å². The topological polar surface area (TPSA) is 101 Å². The average molecular weight is 406 g/mol. The molecule has 0 spiro atoms. The van der Waals surface area contributed by atoms with Crippen LogP contribution in [0.4, 0.5) is 11.5 Å². The molecule has 0 saturated carbocycles. The van der Waals surface area contributed by atoms with Crippen molar-refractivity contribution in [2.24, 2.45) is 0 Å². The van der Waals surface area contributed by atoms with Crippen molar-refractivity contribution in [1.82, 2.24) is 9.55 Å². The molecule has 1 heterocycles. The van der Waals surface area contributed by atoms with Crippen molar-refractivity contribution < 1.29 is 4.79 Å². The fourth-order valence-electron chi connectivity index (χ4n) is 3.30. The maximum absolute atomic E-state index is 13.3. The minimum Gasteiger partial charge on any atom is -0.383 e. The molecular weight excluding hydrogens is 380 g/mol. The van der Waals surface area contributed by atoms with Gasteiger partial charge in [0.1, 0.15) is 5.82 Å². The average Bonchev–Trinajstić information content (AvgIpc) is 2.74. The molecule has 0 bridgehead atoms. The third-order valence-electron chi connectivity index (χ3n) is 4.90. The second-order valence-corrected chi connectivity index (χ2v) is 7.13. The molecule has 156 valence electrons. The van der Waals surface area contributed by atoms with E-state index in [1.54, 1.807) is 0 Å². The summed E-state index contributed by atoms with van der Waals surface area (Å²) in [5.41, 5.74) is 6.72. The van der Waals surface area contributed by atoms with Crippen molar-refractivity contribution in [1.29, 1.82) is 0 Å². The number of nitrogen functional groups attached to an aromatic ring is 1. The van der Waals surface area contributed by atoms with Gasteiger partial charge in [-0.3, -0.25) is 24.0 Å². The van der Waals surface area contributed by atoms with Gasteiger partial charge in [-0.15, -0.1) is 0 Å². The normalized spacial score (nSPS) is 10.7. The van der Waals surface area contributed by atoms with Crippen LogP contribution in [0.5, 0.6) is 0 Å². The smallest absolute Gasteiger partial charge is 0.330 e. The highest BCUT2D eigenvalue weighted by molar-refractivity contribution is 5.96. The Morgan fingerprint density at radius 2 is 1.60 bits per heavy atom. The van der Waals surface area contributed by atoms with Crippen LogP contribution < -0.4 is 21.9 Å². The number of hydrogen-bond donors (Lipinski definition) is 2. The number of nitrogens with two attached hydrogens (primary N) is 1. The van der Waals surface area contributed by atoms with Crippen LogP contribution in [0.2, 0.25) is 0 Å². The van der Waals surface area contributed by atoms with E-state index in [4.69, 9.17) is 5.73 Å². The van der Waals surface area contributed by atoms with E-state index in [1.165, 1.54) is 9.47 Å². The van der Waals surface area contributed by atoms with E-state index in [2.05, 4.69) is 4.98 Å². The maximum atomic E-state index is 13.3. The highest BCUT2D eigenvalue weighted by Gasteiger charge is 2.24. The predicted molar refractivity (Wildman–Crippen MR) is 118 cm³/mol.